The fourth-order valence-electron chi connectivity index (χ4n) is 2.44. The fraction of sp³-hybridized carbons (Fsp3) is 0.467. The van der Waals surface area contributed by atoms with Crippen molar-refractivity contribution in [1.82, 2.24) is 4.90 Å². The smallest absolute Gasteiger partial charge is 0.227 e. The van der Waals surface area contributed by atoms with Gasteiger partial charge in [0.25, 0.3) is 0 Å². The summed E-state index contributed by atoms with van der Waals surface area (Å²) in [4.78, 5) is 25.2. The highest BCUT2D eigenvalue weighted by Crippen LogP contribution is 2.26. The lowest BCUT2D eigenvalue weighted by molar-refractivity contribution is -0.132. The Balaban J connectivity index is 1.96. The number of likely N-dealkylation sites (tertiary alicyclic amines) is 1. The third kappa shape index (κ3) is 3.29. The average molecular weight is 276 g/mol. The number of carbonyl (C=O) groups is 2. The number of piperidine rings is 1. The maximum absolute atomic E-state index is 12.2. The Bertz CT molecular complexity index is 520. The van der Waals surface area contributed by atoms with Crippen molar-refractivity contribution >= 4 is 17.5 Å². The molecule has 1 aromatic rings. The second kappa shape index (κ2) is 5.94. The minimum absolute atomic E-state index is 0.0557. The molecule has 20 heavy (non-hydrogen) atoms. The van der Waals surface area contributed by atoms with E-state index in [4.69, 9.17) is 0 Å². The van der Waals surface area contributed by atoms with Crippen molar-refractivity contribution < 1.29 is 14.7 Å². The van der Waals surface area contributed by atoms with Gasteiger partial charge in [0.2, 0.25) is 11.8 Å². The lowest BCUT2D eigenvalue weighted by atomic mass is 9.95. The van der Waals surface area contributed by atoms with Crippen LogP contribution in [0.1, 0.15) is 25.3 Å². The molecule has 1 fully saturated rings. The Labute approximate surface area is 118 Å². The largest absolute Gasteiger partial charge is 0.506 e. The van der Waals surface area contributed by atoms with Gasteiger partial charge in [0.05, 0.1) is 5.69 Å². The Morgan fingerprint density at radius 2 is 1.95 bits per heavy atom. The highest BCUT2D eigenvalue weighted by atomic mass is 16.3. The molecule has 0 spiro atoms. The minimum atomic E-state index is -0.106. The molecule has 0 atom stereocenters. The molecule has 1 heterocycles. The van der Waals surface area contributed by atoms with Crippen LogP contribution in [0.5, 0.6) is 5.75 Å². The lowest BCUT2D eigenvalue weighted by Gasteiger charge is -2.30. The van der Waals surface area contributed by atoms with E-state index in [-0.39, 0.29) is 23.5 Å². The number of aryl methyl sites for hydroxylation is 1. The molecule has 2 amide bonds. The number of benzene rings is 1. The summed E-state index contributed by atoms with van der Waals surface area (Å²) in [6.07, 6.45) is 1.33. The zero-order valence-electron chi connectivity index (χ0n) is 11.8. The molecular weight excluding hydrogens is 256 g/mol. The topological polar surface area (TPSA) is 69.6 Å². The number of hydrogen-bond acceptors (Lipinski definition) is 3. The first-order valence-electron chi connectivity index (χ1n) is 6.83. The van der Waals surface area contributed by atoms with E-state index in [2.05, 4.69) is 5.32 Å². The molecule has 1 aliphatic heterocycles. The summed E-state index contributed by atoms with van der Waals surface area (Å²) in [5.74, 6) is -0.0649. The number of nitrogens with zero attached hydrogens (tertiary/aromatic N) is 1. The van der Waals surface area contributed by atoms with Crippen molar-refractivity contribution in [2.75, 3.05) is 18.4 Å². The van der Waals surface area contributed by atoms with Crippen molar-refractivity contribution in [3.05, 3.63) is 23.8 Å². The number of nitrogens with one attached hydrogen (secondary N) is 1. The summed E-state index contributed by atoms with van der Waals surface area (Å²) in [7, 11) is 0. The van der Waals surface area contributed by atoms with Crippen molar-refractivity contribution in [1.29, 1.82) is 0 Å². The van der Waals surface area contributed by atoms with Gasteiger partial charge in [0.15, 0.2) is 0 Å². The van der Waals surface area contributed by atoms with Gasteiger partial charge in [-0.25, -0.2) is 0 Å². The molecule has 0 radical (unpaired) electrons. The third-order valence-corrected chi connectivity index (χ3v) is 3.72. The molecule has 0 unspecified atom stereocenters. The van der Waals surface area contributed by atoms with Gasteiger partial charge in [-0.3, -0.25) is 9.59 Å². The quantitative estimate of drug-likeness (QED) is 0.810. The van der Waals surface area contributed by atoms with E-state index < -0.39 is 0 Å². The van der Waals surface area contributed by atoms with E-state index in [9.17, 15) is 14.7 Å². The molecular formula is C15H20N2O3. The molecule has 0 aliphatic carbocycles. The summed E-state index contributed by atoms with van der Waals surface area (Å²) >= 11 is 0. The summed E-state index contributed by atoms with van der Waals surface area (Å²) in [6, 6.07) is 5.11. The Morgan fingerprint density at radius 1 is 1.30 bits per heavy atom. The zero-order valence-corrected chi connectivity index (χ0v) is 11.8. The number of phenolic OH excluding ortho intramolecular Hbond substituents is 1. The van der Waals surface area contributed by atoms with Crippen LogP contribution >= 0.6 is 0 Å². The number of aromatic hydroxyl groups is 1. The number of rotatable bonds is 2. The Morgan fingerprint density at radius 3 is 2.55 bits per heavy atom. The highest BCUT2D eigenvalue weighted by Gasteiger charge is 2.26. The van der Waals surface area contributed by atoms with Crippen LogP contribution in [0, 0.1) is 12.8 Å². The molecule has 0 aromatic heterocycles. The predicted molar refractivity (Wildman–Crippen MR) is 76.5 cm³/mol. The number of amides is 2. The van der Waals surface area contributed by atoms with E-state index >= 15 is 0 Å². The van der Waals surface area contributed by atoms with E-state index in [1.54, 1.807) is 30.0 Å². The Hall–Kier alpha value is -2.04. The summed E-state index contributed by atoms with van der Waals surface area (Å²) in [6.45, 7) is 4.69. The maximum Gasteiger partial charge on any atom is 0.227 e. The predicted octanol–water partition coefficient (Wildman–Crippen LogP) is 1.90. The summed E-state index contributed by atoms with van der Waals surface area (Å²) in [5.41, 5.74) is 1.42. The average Bonchev–Trinajstić information content (AvgIpc) is 2.43. The van der Waals surface area contributed by atoms with Gasteiger partial charge in [-0.15, -0.1) is 0 Å². The number of phenols is 1. The normalized spacial score (nSPS) is 16.0. The van der Waals surface area contributed by atoms with Gasteiger partial charge in [-0.05, 0) is 37.5 Å². The van der Waals surface area contributed by atoms with E-state index in [1.165, 1.54) is 0 Å². The van der Waals surface area contributed by atoms with Crippen LogP contribution in [0.25, 0.3) is 0 Å². The van der Waals surface area contributed by atoms with Crippen LogP contribution in [0.3, 0.4) is 0 Å². The maximum atomic E-state index is 12.2. The molecule has 108 valence electrons. The molecule has 0 bridgehead atoms. The van der Waals surface area contributed by atoms with Gasteiger partial charge in [0.1, 0.15) is 5.75 Å². The van der Waals surface area contributed by atoms with Crippen LogP contribution in [-0.2, 0) is 9.59 Å². The monoisotopic (exact) mass is 276 g/mol. The molecule has 1 saturated heterocycles. The minimum Gasteiger partial charge on any atom is -0.506 e. The van der Waals surface area contributed by atoms with E-state index in [1.807, 2.05) is 6.92 Å². The fourth-order valence-corrected chi connectivity index (χ4v) is 2.44. The standard InChI is InChI=1S/C15H20N2O3/c1-10-3-4-14(19)13(9-10)16-15(20)12-5-7-17(8-6-12)11(2)18/h3-4,9,12,19H,5-8H2,1-2H3,(H,16,20). The Kier molecular flexibility index (Phi) is 4.27. The second-order valence-corrected chi connectivity index (χ2v) is 5.29. The van der Waals surface area contributed by atoms with E-state index in [0.717, 1.165) is 5.56 Å². The van der Waals surface area contributed by atoms with Gasteiger partial charge in [-0.2, -0.15) is 0 Å². The number of anilines is 1. The van der Waals surface area contributed by atoms with Crippen LogP contribution in [0.15, 0.2) is 18.2 Å². The van der Waals surface area contributed by atoms with Gasteiger partial charge in [0, 0.05) is 25.9 Å². The number of hydrogen-bond donors (Lipinski definition) is 2. The van der Waals surface area contributed by atoms with Gasteiger partial charge >= 0.3 is 0 Å². The van der Waals surface area contributed by atoms with Gasteiger partial charge < -0.3 is 15.3 Å². The highest BCUT2D eigenvalue weighted by molar-refractivity contribution is 5.94. The molecule has 0 saturated carbocycles. The summed E-state index contributed by atoms with van der Waals surface area (Å²) < 4.78 is 0. The van der Waals surface area contributed by atoms with Crippen LogP contribution in [0.4, 0.5) is 5.69 Å². The molecule has 1 aromatic carbocycles. The van der Waals surface area contributed by atoms with Crippen molar-refractivity contribution in [3.63, 3.8) is 0 Å². The van der Waals surface area contributed by atoms with E-state index in [0.29, 0.717) is 31.6 Å². The van der Waals surface area contributed by atoms with Crippen LogP contribution in [-0.4, -0.2) is 34.9 Å². The molecule has 1 aliphatic rings. The first-order chi connectivity index (χ1) is 9.47. The first-order valence-corrected chi connectivity index (χ1v) is 6.83. The SMILES string of the molecule is CC(=O)N1CCC(C(=O)Nc2cc(C)ccc2O)CC1. The van der Waals surface area contributed by atoms with Gasteiger partial charge in [-0.1, -0.05) is 6.07 Å². The molecule has 5 nitrogen and oxygen atoms in total. The molecule has 2 rings (SSSR count). The second-order valence-electron chi connectivity index (χ2n) is 5.29. The lowest BCUT2D eigenvalue weighted by Crippen LogP contribution is -2.40. The molecule has 5 heteroatoms. The van der Waals surface area contributed by atoms with Crippen LogP contribution in [0.2, 0.25) is 0 Å². The number of carbonyl (C=O) groups excluding carboxylic acids is 2. The first kappa shape index (κ1) is 14.4. The van der Waals surface area contributed by atoms with Crippen molar-refractivity contribution in [2.24, 2.45) is 5.92 Å². The van der Waals surface area contributed by atoms with Crippen LogP contribution < -0.4 is 5.32 Å². The molecule has 2 N–H and O–H groups in total. The third-order valence-electron chi connectivity index (χ3n) is 3.72. The summed E-state index contributed by atoms with van der Waals surface area (Å²) in [5, 5.41) is 12.5. The van der Waals surface area contributed by atoms with Crippen molar-refractivity contribution in [3.8, 4) is 5.75 Å². The van der Waals surface area contributed by atoms with Crippen molar-refractivity contribution in [2.45, 2.75) is 26.7 Å². The zero-order chi connectivity index (χ0) is 14.7.